The lowest BCUT2D eigenvalue weighted by Crippen LogP contribution is -2.37. The van der Waals surface area contributed by atoms with E-state index >= 15 is 0 Å². The average molecular weight is 377 g/mol. The van der Waals surface area contributed by atoms with Crippen LogP contribution in [-0.4, -0.2) is 41.6 Å². The maximum Gasteiger partial charge on any atom is 0.277 e. The Balaban J connectivity index is 1.66. The van der Waals surface area contributed by atoms with Gasteiger partial charge in [-0.3, -0.25) is 4.79 Å². The van der Waals surface area contributed by atoms with Gasteiger partial charge in [0.15, 0.2) is 0 Å². The summed E-state index contributed by atoms with van der Waals surface area (Å²) in [6.45, 7) is 1.84. The number of thioether (sulfide) groups is 1. The van der Waals surface area contributed by atoms with Gasteiger partial charge in [0.25, 0.3) is 11.1 Å². The third-order valence-corrected chi connectivity index (χ3v) is 5.33. The van der Waals surface area contributed by atoms with E-state index in [1.165, 1.54) is 24.6 Å². The highest BCUT2D eigenvalue weighted by atomic mass is 32.2. The third-order valence-electron chi connectivity index (χ3n) is 4.39. The van der Waals surface area contributed by atoms with Crippen molar-refractivity contribution in [3.63, 3.8) is 0 Å². The summed E-state index contributed by atoms with van der Waals surface area (Å²) in [7, 11) is 3.16. The van der Waals surface area contributed by atoms with E-state index in [2.05, 4.69) is 15.5 Å². The fraction of sp³-hybridized carbons (Fsp3) is 0.500. The van der Waals surface area contributed by atoms with E-state index in [9.17, 15) is 4.79 Å². The molecule has 0 radical (unpaired) electrons. The van der Waals surface area contributed by atoms with Crippen LogP contribution in [0, 0.1) is 0 Å². The van der Waals surface area contributed by atoms with Crippen LogP contribution in [0.5, 0.6) is 11.5 Å². The molecule has 0 aliphatic heterocycles. The van der Waals surface area contributed by atoms with Crippen molar-refractivity contribution in [3.8, 4) is 23.0 Å². The maximum atomic E-state index is 12.3. The van der Waals surface area contributed by atoms with E-state index in [4.69, 9.17) is 13.9 Å². The van der Waals surface area contributed by atoms with Gasteiger partial charge in [0.2, 0.25) is 5.91 Å². The molecule has 2 aromatic rings. The lowest BCUT2D eigenvalue weighted by molar-refractivity contribution is -0.120. The second-order valence-electron chi connectivity index (χ2n) is 6.19. The minimum absolute atomic E-state index is 0.00341. The maximum absolute atomic E-state index is 12.3. The average Bonchev–Trinajstić information content (AvgIpc) is 3.33. The summed E-state index contributed by atoms with van der Waals surface area (Å²) in [5.74, 6) is 1.60. The first-order chi connectivity index (χ1) is 12.6. The number of hydrogen-bond donors (Lipinski definition) is 1. The normalized spacial score (nSPS) is 15.7. The van der Waals surface area contributed by atoms with Crippen LogP contribution in [0.2, 0.25) is 0 Å². The molecule has 0 spiro atoms. The number of carbonyl (C=O) groups excluding carboxylic acids is 1. The minimum Gasteiger partial charge on any atom is -0.497 e. The van der Waals surface area contributed by atoms with Crippen molar-refractivity contribution in [3.05, 3.63) is 18.2 Å². The SMILES string of the molecule is COc1ccc(-c2nnc(S[C@@H](C)C(=O)NC3CCCC3)o2)c(OC)c1. The first-order valence-corrected chi connectivity index (χ1v) is 9.51. The summed E-state index contributed by atoms with van der Waals surface area (Å²) >= 11 is 1.25. The molecule has 1 fully saturated rings. The highest BCUT2D eigenvalue weighted by Gasteiger charge is 2.23. The number of nitrogens with zero attached hydrogens (tertiary/aromatic N) is 2. The molecule has 1 aliphatic carbocycles. The molecule has 1 aromatic heterocycles. The Labute approximate surface area is 156 Å². The summed E-state index contributed by atoms with van der Waals surface area (Å²) in [4.78, 5) is 12.3. The van der Waals surface area contributed by atoms with Crippen LogP contribution >= 0.6 is 11.8 Å². The van der Waals surface area contributed by atoms with Crippen molar-refractivity contribution in [2.75, 3.05) is 14.2 Å². The van der Waals surface area contributed by atoms with Crippen LogP contribution in [0.15, 0.2) is 27.8 Å². The van der Waals surface area contributed by atoms with Crippen molar-refractivity contribution in [1.29, 1.82) is 0 Å². The highest BCUT2D eigenvalue weighted by Crippen LogP contribution is 2.34. The molecule has 7 nitrogen and oxygen atoms in total. The number of carbonyl (C=O) groups is 1. The van der Waals surface area contributed by atoms with Crippen molar-refractivity contribution in [1.82, 2.24) is 15.5 Å². The highest BCUT2D eigenvalue weighted by molar-refractivity contribution is 8.00. The zero-order valence-corrected chi connectivity index (χ0v) is 16.0. The number of ether oxygens (including phenoxy) is 2. The molecule has 1 heterocycles. The van der Waals surface area contributed by atoms with Crippen molar-refractivity contribution < 1.29 is 18.7 Å². The van der Waals surface area contributed by atoms with E-state index < -0.39 is 0 Å². The van der Waals surface area contributed by atoms with Gasteiger partial charge in [0.1, 0.15) is 11.5 Å². The summed E-state index contributed by atoms with van der Waals surface area (Å²) in [5.41, 5.74) is 0.677. The summed E-state index contributed by atoms with van der Waals surface area (Å²) in [6.07, 6.45) is 4.49. The van der Waals surface area contributed by atoms with Gasteiger partial charge < -0.3 is 19.2 Å². The molecule has 1 amide bonds. The van der Waals surface area contributed by atoms with Crippen LogP contribution in [0.25, 0.3) is 11.5 Å². The monoisotopic (exact) mass is 377 g/mol. The molecule has 26 heavy (non-hydrogen) atoms. The molecule has 1 aliphatic rings. The molecule has 1 N–H and O–H groups in total. The molecule has 3 rings (SSSR count). The molecule has 0 saturated heterocycles. The molecule has 140 valence electrons. The number of methoxy groups -OCH3 is 2. The Morgan fingerprint density at radius 3 is 2.73 bits per heavy atom. The Morgan fingerprint density at radius 1 is 1.27 bits per heavy atom. The lowest BCUT2D eigenvalue weighted by atomic mass is 10.2. The van der Waals surface area contributed by atoms with Gasteiger partial charge in [-0.1, -0.05) is 24.6 Å². The van der Waals surface area contributed by atoms with Crippen molar-refractivity contribution >= 4 is 17.7 Å². The van der Waals surface area contributed by atoms with Crippen LogP contribution in [0.1, 0.15) is 32.6 Å². The number of amides is 1. The number of nitrogens with one attached hydrogen (secondary N) is 1. The summed E-state index contributed by atoms with van der Waals surface area (Å²) < 4.78 is 16.3. The van der Waals surface area contributed by atoms with Gasteiger partial charge in [0.05, 0.1) is 25.0 Å². The largest absolute Gasteiger partial charge is 0.497 e. The summed E-state index contributed by atoms with van der Waals surface area (Å²) in [5, 5.41) is 11.3. The molecule has 1 aromatic carbocycles. The molecule has 0 unspecified atom stereocenters. The van der Waals surface area contributed by atoms with Crippen molar-refractivity contribution in [2.24, 2.45) is 0 Å². The third kappa shape index (κ3) is 4.30. The summed E-state index contributed by atoms with van der Waals surface area (Å²) in [6, 6.07) is 5.65. The zero-order valence-electron chi connectivity index (χ0n) is 15.2. The van der Waals surface area contributed by atoms with Crippen LogP contribution in [0.4, 0.5) is 0 Å². The number of aromatic nitrogens is 2. The van der Waals surface area contributed by atoms with Gasteiger partial charge in [-0.15, -0.1) is 10.2 Å². The fourth-order valence-corrected chi connectivity index (χ4v) is 3.63. The number of rotatable bonds is 7. The van der Waals surface area contributed by atoms with E-state index in [1.807, 2.05) is 6.92 Å². The van der Waals surface area contributed by atoms with Gasteiger partial charge in [0, 0.05) is 12.1 Å². The second kappa shape index (κ2) is 8.44. The second-order valence-corrected chi connectivity index (χ2v) is 7.48. The molecule has 1 saturated carbocycles. The lowest BCUT2D eigenvalue weighted by Gasteiger charge is -2.14. The quantitative estimate of drug-likeness (QED) is 0.741. The number of hydrogen-bond acceptors (Lipinski definition) is 7. The fourth-order valence-electron chi connectivity index (χ4n) is 2.93. The van der Waals surface area contributed by atoms with E-state index in [1.54, 1.807) is 32.4 Å². The van der Waals surface area contributed by atoms with Gasteiger partial charge >= 0.3 is 0 Å². The Morgan fingerprint density at radius 2 is 2.04 bits per heavy atom. The van der Waals surface area contributed by atoms with Crippen LogP contribution < -0.4 is 14.8 Å². The predicted octanol–water partition coefficient (Wildman–Crippen LogP) is 3.29. The van der Waals surface area contributed by atoms with Gasteiger partial charge in [-0.2, -0.15) is 0 Å². The Bertz CT molecular complexity index is 759. The molecule has 1 atom stereocenters. The van der Waals surface area contributed by atoms with Gasteiger partial charge in [-0.25, -0.2) is 0 Å². The van der Waals surface area contributed by atoms with Crippen LogP contribution in [0.3, 0.4) is 0 Å². The Kier molecular flexibility index (Phi) is 6.03. The minimum atomic E-state index is -0.304. The first kappa shape index (κ1) is 18.6. The van der Waals surface area contributed by atoms with Crippen molar-refractivity contribution in [2.45, 2.75) is 49.1 Å². The predicted molar refractivity (Wildman–Crippen MR) is 98.6 cm³/mol. The first-order valence-electron chi connectivity index (χ1n) is 8.63. The molecular formula is C18H23N3O4S. The molecule has 8 heteroatoms. The standard InChI is InChI=1S/C18H23N3O4S/c1-11(16(22)19-12-6-4-5-7-12)26-18-21-20-17(25-18)14-9-8-13(23-2)10-15(14)24-3/h8-12H,4-7H2,1-3H3,(H,19,22)/t11-/m0/s1. The van der Waals surface area contributed by atoms with E-state index in [0.717, 1.165) is 12.8 Å². The van der Waals surface area contributed by atoms with E-state index in [0.29, 0.717) is 34.2 Å². The zero-order chi connectivity index (χ0) is 18.5. The Hall–Kier alpha value is -2.22. The van der Waals surface area contributed by atoms with E-state index in [-0.39, 0.29) is 11.2 Å². The smallest absolute Gasteiger partial charge is 0.277 e. The topological polar surface area (TPSA) is 86.5 Å². The van der Waals surface area contributed by atoms with Crippen LogP contribution in [-0.2, 0) is 4.79 Å². The number of benzene rings is 1. The molecule has 0 bridgehead atoms. The van der Waals surface area contributed by atoms with Gasteiger partial charge in [-0.05, 0) is 31.9 Å². The molecular weight excluding hydrogens is 354 g/mol.